The van der Waals surface area contributed by atoms with Gasteiger partial charge in [0.2, 0.25) is 5.88 Å². The SMILES string of the molecule is Cc1ccc(-n2c(=O)[nH]c3c(O)cccc3c2=O)o1. The quantitative estimate of drug-likeness (QED) is 0.688. The van der Waals surface area contributed by atoms with Gasteiger partial charge in [-0.3, -0.25) is 4.79 Å². The van der Waals surface area contributed by atoms with Crippen LogP contribution >= 0.6 is 0 Å². The van der Waals surface area contributed by atoms with Crippen molar-refractivity contribution in [1.29, 1.82) is 0 Å². The molecule has 96 valence electrons. The number of nitrogens with zero attached hydrogens (tertiary/aromatic N) is 1. The van der Waals surface area contributed by atoms with Crippen molar-refractivity contribution in [3.63, 3.8) is 0 Å². The van der Waals surface area contributed by atoms with Crippen LogP contribution in [0.2, 0.25) is 0 Å². The van der Waals surface area contributed by atoms with E-state index < -0.39 is 11.2 Å². The van der Waals surface area contributed by atoms with Crippen LogP contribution in [0.5, 0.6) is 5.75 Å². The molecule has 2 heterocycles. The van der Waals surface area contributed by atoms with E-state index in [-0.39, 0.29) is 22.5 Å². The average molecular weight is 258 g/mol. The normalized spacial score (nSPS) is 11.0. The Labute approximate surface area is 106 Å². The number of phenolic OH excluding ortho intramolecular Hbond substituents is 1. The van der Waals surface area contributed by atoms with Gasteiger partial charge < -0.3 is 14.5 Å². The number of phenols is 1. The van der Waals surface area contributed by atoms with E-state index in [4.69, 9.17) is 4.42 Å². The molecule has 0 aliphatic heterocycles. The van der Waals surface area contributed by atoms with Crippen LogP contribution in [0.15, 0.2) is 44.3 Å². The van der Waals surface area contributed by atoms with E-state index >= 15 is 0 Å². The van der Waals surface area contributed by atoms with Crippen LogP contribution in [0.1, 0.15) is 5.76 Å². The number of aromatic nitrogens is 2. The van der Waals surface area contributed by atoms with E-state index in [1.165, 1.54) is 18.2 Å². The van der Waals surface area contributed by atoms with Gasteiger partial charge in [0.15, 0.2) is 0 Å². The lowest BCUT2D eigenvalue weighted by atomic mass is 10.2. The second-order valence-corrected chi connectivity index (χ2v) is 4.15. The zero-order valence-corrected chi connectivity index (χ0v) is 10.0. The van der Waals surface area contributed by atoms with Crippen LogP contribution < -0.4 is 11.2 Å². The molecular formula is C13H10N2O4. The van der Waals surface area contributed by atoms with Crippen molar-refractivity contribution in [2.45, 2.75) is 6.92 Å². The molecule has 2 aromatic heterocycles. The fourth-order valence-electron chi connectivity index (χ4n) is 1.97. The van der Waals surface area contributed by atoms with E-state index in [0.29, 0.717) is 5.76 Å². The number of H-pyrrole nitrogens is 1. The fourth-order valence-corrected chi connectivity index (χ4v) is 1.97. The van der Waals surface area contributed by atoms with Gasteiger partial charge in [-0.1, -0.05) is 6.07 Å². The minimum absolute atomic E-state index is 0.122. The highest BCUT2D eigenvalue weighted by atomic mass is 16.4. The summed E-state index contributed by atoms with van der Waals surface area (Å²) >= 11 is 0. The zero-order valence-electron chi connectivity index (χ0n) is 10.0. The molecule has 2 N–H and O–H groups in total. The van der Waals surface area contributed by atoms with Gasteiger partial charge in [0.1, 0.15) is 11.5 Å². The third kappa shape index (κ3) is 1.65. The third-order valence-electron chi connectivity index (χ3n) is 2.86. The first kappa shape index (κ1) is 11.3. The fraction of sp³-hybridized carbons (Fsp3) is 0.0769. The van der Waals surface area contributed by atoms with Crippen molar-refractivity contribution in [1.82, 2.24) is 9.55 Å². The maximum atomic E-state index is 12.3. The van der Waals surface area contributed by atoms with Crippen molar-refractivity contribution in [2.24, 2.45) is 0 Å². The Hall–Kier alpha value is -2.76. The number of aromatic hydroxyl groups is 1. The molecule has 3 aromatic rings. The molecule has 19 heavy (non-hydrogen) atoms. The van der Waals surface area contributed by atoms with E-state index in [9.17, 15) is 14.7 Å². The summed E-state index contributed by atoms with van der Waals surface area (Å²) in [6.07, 6.45) is 0. The molecule has 6 nitrogen and oxygen atoms in total. The summed E-state index contributed by atoms with van der Waals surface area (Å²) in [5, 5.41) is 9.86. The number of para-hydroxylation sites is 1. The number of furan rings is 1. The Kier molecular flexibility index (Phi) is 2.31. The second kappa shape index (κ2) is 3.88. The number of hydrogen-bond donors (Lipinski definition) is 2. The van der Waals surface area contributed by atoms with Gasteiger partial charge in [-0.2, -0.15) is 4.57 Å². The van der Waals surface area contributed by atoms with Crippen LogP contribution in [-0.2, 0) is 0 Å². The summed E-state index contributed by atoms with van der Waals surface area (Å²) in [5.74, 6) is 0.598. The minimum Gasteiger partial charge on any atom is -0.506 e. The smallest absolute Gasteiger partial charge is 0.336 e. The summed E-state index contributed by atoms with van der Waals surface area (Å²) in [6.45, 7) is 1.72. The lowest BCUT2D eigenvalue weighted by Gasteiger charge is -2.04. The minimum atomic E-state index is -0.659. The Morgan fingerprint density at radius 2 is 2.00 bits per heavy atom. The monoisotopic (exact) mass is 258 g/mol. The molecular weight excluding hydrogens is 248 g/mol. The average Bonchev–Trinajstić information content (AvgIpc) is 2.77. The lowest BCUT2D eigenvalue weighted by Crippen LogP contribution is -2.33. The van der Waals surface area contributed by atoms with Crippen LogP contribution in [0.25, 0.3) is 16.8 Å². The molecule has 1 aromatic carbocycles. The number of hydrogen-bond acceptors (Lipinski definition) is 4. The third-order valence-corrected chi connectivity index (χ3v) is 2.86. The van der Waals surface area contributed by atoms with Crippen molar-refractivity contribution in [3.05, 3.63) is 56.9 Å². The second-order valence-electron chi connectivity index (χ2n) is 4.15. The molecule has 0 amide bonds. The topological polar surface area (TPSA) is 88.2 Å². The molecule has 0 aliphatic rings. The molecule has 0 aliphatic carbocycles. The first-order valence-electron chi connectivity index (χ1n) is 5.62. The van der Waals surface area contributed by atoms with Crippen LogP contribution in [0.3, 0.4) is 0 Å². The molecule has 0 saturated heterocycles. The molecule has 0 radical (unpaired) electrons. The van der Waals surface area contributed by atoms with Crippen LogP contribution in [-0.4, -0.2) is 14.7 Å². The van der Waals surface area contributed by atoms with Gasteiger partial charge in [-0.25, -0.2) is 4.79 Å². The molecule has 0 atom stereocenters. The maximum Gasteiger partial charge on any atom is 0.336 e. The number of fused-ring (bicyclic) bond motifs is 1. The highest BCUT2D eigenvalue weighted by molar-refractivity contribution is 5.83. The maximum absolute atomic E-state index is 12.3. The van der Waals surface area contributed by atoms with Gasteiger partial charge in [0.25, 0.3) is 5.56 Å². The Bertz CT molecular complexity index is 886. The predicted molar refractivity (Wildman–Crippen MR) is 68.8 cm³/mol. The Morgan fingerprint density at radius 1 is 1.21 bits per heavy atom. The van der Waals surface area contributed by atoms with E-state index in [1.54, 1.807) is 19.1 Å². The molecule has 0 saturated carbocycles. The van der Waals surface area contributed by atoms with Gasteiger partial charge >= 0.3 is 5.69 Å². The van der Waals surface area contributed by atoms with E-state index in [0.717, 1.165) is 4.57 Å². The summed E-state index contributed by atoms with van der Waals surface area (Å²) in [7, 11) is 0. The largest absolute Gasteiger partial charge is 0.506 e. The number of nitrogens with one attached hydrogen (secondary N) is 1. The number of aromatic amines is 1. The Morgan fingerprint density at radius 3 is 2.68 bits per heavy atom. The van der Waals surface area contributed by atoms with Crippen molar-refractivity contribution < 1.29 is 9.52 Å². The predicted octanol–water partition coefficient (Wildman–Crippen LogP) is 1.29. The van der Waals surface area contributed by atoms with E-state index in [1.807, 2.05) is 0 Å². The highest BCUT2D eigenvalue weighted by Gasteiger charge is 2.13. The molecule has 0 bridgehead atoms. The first-order chi connectivity index (χ1) is 9.08. The number of aryl methyl sites for hydroxylation is 1. The molecule has 0 unspecified atom stereocenters. The summed E-state index contributed by atoms with van der Waals surface area (Å²) < 4.78 is 6.19. The Balaban J connectivity index is 2.45. The highest BCUT2D eigenvalue weighted by Crippen LogP contribution is 2.18. The number of rotatable bonds is 1. The van der Waals surface area contributed by atoms with Crippen LogP contribution in [0.4, 0.5) is 0 Å². The van der Waals surface area contributed by atoms with Crippen molar-refractivity contribution in [2.75, 3.05) is 0 Å². The van der Waals surface area contributed by atoms with E-state index in [2.05, 4.69) is 4.98 Å². The zero-order chi connectivity index (χ0) is 13.6. The van der Waals surface area contributed by atoms with Gasteiger partial charge in [0, 0.05) is 6.07 Å². The molecule has 6 heteroatoms. The van der Waals surface area contributed by atoms with Crippen molar-refractivity contribution in [3.8, 4) is 11.6 Å². The number of benzene rings is 1. The van der Waals surface area contributed by atoms with Crippen LogP contribution in [0, 0.1) is 6.92 Å². The van der Waals surface area contributed by atoms with Gasteiger partial charge in [-0.15, -0.1) is 0 Å². The molecule has 0 fully saturated rings. The summed E-state index contributed by atoms with van der Waals surface area (Å²) in [5.41, 5.74) is -1.07. The molecule has 3 rings (SSSR count). The standard InChI is InChI=1S/C13H10N2O4/c1-7-5-6-10(19-7)15-12(17)8-3-2-4-9(16)11(8)14-13(15)18/h2-6,16H,1H3,(H,14,18). The first-order valence-corrected chi connectivity index (χ1v) is 5.62. The lowest BCUT2D eigenvalue weighted by molar-refractivity contribution is 0.478. The van der Waals surface area contributed by atoms with Crippen molar-refractivity contribution >= 4 is 10.9 Å². The van der Waals surface area contributed by atoms with Gasteiger partial charge in [0.05, 0.1) is 10.9 Å². The summed E-state index contributed by atoms with van der Waals surface area (Å²) in [6, 6.07) is 7.67. The summed E-state index contributed by atoms with van der Waals surface area (Å²) in [4.78, 5) is 26.7. The van der Waals surface area contributed by atoms with Gasteiger partial charge in [-0.05, 0) is 25.1 Å². The molecule has 0 spiro atoms.